The first kappa shape index (κ1) is 14.3. The van der Waals surface area contributed by atoms with E-state index in [4.69, 9.17) is 16.8 Å². The molecule has 1 aromatic heterocycles. The monoisotopic (exact) mass is 531 g/mol. The fourth-order valence-corrected chi connectivity index (χ4v) is 6.05. The van der Waals surface area contributed by atoms with Gasteiger partial charge >= 0.3 is 0 Å². The normalized spacial score (nSPS) is 15.7. The van der Waals surface area contributed by atoms with E-state index >= 15 is 0 Å². The molecule has 0 bridgehead atoms. The summed E-state index contributed by atoms with van der Waals surface area (Å²) in [5.41, 5.74) is 3.53. The van der Waals surface area contributed by atoms with Crippen molar-refractivity contribution in [1.82, 2.24) is 0 Å². The summed E-state index contributed by atoms with van der Waals surface area (Å²) in [7, 11) is 0. The lowest BCUT2D eigenvalue weighted by molar-refractivity contribution is 0.673. The lowest BCUT2D eigenvalue weighted by Crippen LogP contribution is -1.88. The van der Waals surface area contributed by atoms with Crippen molar-refractivity contribution in [3.8, 4) is 22.3 Å². The molecule has 0 N–H and O–H groups in total. The topological polar surface area (TPSA) is 13.1 Å². The number of furan rings is 1. The fraction of sp³-hybridized carbons (Fsp3) is 0. The van der Waals surface area contributed by atoms with Crippen molar-refractivity contribution in [2.45, 2.75) is 0 Å². The summed E-state index contributed by atoms with van der Waals surface area (Å²) < 4.78 is 104. The van der Waals surface area contributed by atoms with Crippen molar-refractivity contribution >= 4 is 65.0 Å². The van der Waals surface area contributed by atoms with Crippen molar-refractivity contribution in [2.75, 3.05) is 0 Å². The van der Waals surface area contributed by atoms with E-state index in [0.29, 0.717) is 27.5 Å². The molecule has 0 aliphatic carbocycles. The molecule has 0 saturated heterocycles. The van der Waals surface area contributed by atoms with Gasteiger partial charge in [-0.25, -0.2) is 0 Å². The molecule has 0 saturated carbocycles. The summed E-state index contributed by atoms with van der Waals surface area (Å²) in [5.74, 6) is 0. The maximum Gasteiger partial charge on any atom is 0.143 e. The zero-order chi connectivity index (χ0) is 36.5. The van der Waals surface area contributed by atoms with Gasteiger partial charge in [0.2, 0.25) is 0 Å². The van der Waals surface area contributed by atoms with Crippen LogP contribution in [-0.2, 0) is 0 Å². The molecule has 9 rings (SSSR count). The third-order valence-electron chi connectivity index (χ3n) is 7.80. The molecule has 0 amide bonds. The maximum absolute atomic E-state index is 9.43. The van der Waals surface area contributed by atoms with Gasteiger partial charge in [0.05, 0.1) is 15.1 Å². The van der Waals surface area contributed by atoms with Crippen LogP contribution in [-0.4, -0.2) is 0 Å². The minimum absolute atomic E-state index is 0.0299. The van der Waals surface area contributed by atoms with Crippen molar-refractivity contribution in [2.24, 2.45) is 0 Å². The van der Waals surface area contributed by atoms with Gasteiger partial charge in [-0.2, -0.15) is 0 Å². The Morgan fingerprint density at radius 1 is 0.463 bits per heavy atom. The first-order chi connectivity index (χ1) is 24.9. The molecule has 190 valence electrons. The highest BCUT2D eigenvalue weighted by Crippen LogP contribution is 2.46. The van der Waals surface area contributed by atoms with Gasteiger partial charge in [0.25, 0.3) is 0 Å². The van der Waals surface area contributed by atoms with E-state index in [1.165, 1.54) is 0 Å². The van der Waals surface area contributed by atoms with Crippen molar-refractivity contribution in [1.29, 1.82) is 0 Å². The Labute approximate surface area is 252 Å². The summed E-state index contributed by atoms with van der Waals surface area (Å²) in [5, 5.41) is 2.34. The Balaban J connectivity index is 1.57. The molecule has 0 radical (unpaired) electrons. The molecular weight excluding hydrogens is 496 g/mol. The predicted molar refractivity (Wildman–Crippen MR) is 175 cm³/mol. The minimum atomic E-state index is -0.587. The van der Waals surface area contributed by atoms with Crippen molar-refractivity contribution in [3.63, 3.8) is 0 Å². The largest absolute Gasteiger partial charge is 0.455 e. The van der Waals surface area contributed by atoms with E-state index in [9.17, 15) is 2.74 Å². The van der Waals surface area contributed by atoms with Crippen LogP contribution in [0.3, 0.4) is 0 Å². The molecule has 1 heteroatoms. The molecule has 0 aliphatic rings. The molecule has 9 aromatic rings. The number of fused-ring (bicyclic) bond motifs is 9. The van der Waals surface area contributed by atoms with E-state index in [0.717, 1.165) is 21.9 Å². The second kappa shape index (κ2) is 8.55. The SMILES string of the molecule is [2H]c1c([2H])c([2H])c2c([2H])c3c(c([2H])c([2H])c4c([2H])c([2H])c([2H])c([2H])c43)c(-c3cccc4oc5c(ccc6cccc(-c7ccccc7)c65)c34)c2c1[2H]. The summed E-state index contributed by atoms with van der Waals surface area (Å²) in [6.07, 6.45) is 0. The van der Waals surface area contributed by atoms with Crippen LogP contribution in [0.15, 0.2) is 150 Å². The van der Waals surface area contributed by atoms with E-state index in [-0.39, 0.29) is 37.9 Å². The third-order valence-corrected chi connectivity index (χ3v) is 7.80. The van der Waals surface area contributed by atoms with E-state index in [1.807, 2.05) is 60.7 Å². The van der Waals surface area contributed by atoms with Gasteiger partial charge < -0.3 is 4.42 Å². The average Bonchev–Trinajstić information content (AvgIpc) is 3.55. The Kier molecular flexibility index (Phi) is 2.98. The van der Waals surface area contributed by atoms with Crippen LogP contribution >= 0.6 is 0 Å². The summed E-state index contributed by atoms with van der Waals surface area (Å²) in [6, 6.07) is 19.4. The van der Waals surface area contributed by atoms with Gasteiger partial charge in [-0.05, 0) is 78.1 Å². The summed E-state index contributed by atoms with van der Waals surface area (Å²) in [6.45, 7) is 0. The third kappa shape index (κ3) is 3.24. The van der Waals surface area contributed by atoms with Gasteiger partial charge in [0.15, 0.2) is 0 Å². The van der Waals surface area contributed by atoms with Gasteiger partial charge in [0, 0.05) is 16.2 Å². The quantitative estimate of drug-likeness (QED) is 0.160. The van der Waals surface area contributed by atoms with E-state index < -0.39 is 66.5 Å². The minimum Gasteiger partial charge on any atom is -0.455 e. The molecule has 41 heavy (non-hydrogen) atoms. The second-order valence-corrected chi connectivity index (χ2v) is 9.99. The van der Waals surface area contributed by atoms with Crippen LogP contribution in [0.5, 0.6) is 0 Å². The predicted octanol–water partition coefficient (Wildman–Crippen LogP) is 11.5. The van der Waals surface area contributed by atoms with E-state index in [2.05, 4.69) is 0 Å². The highest BCUT2D eigenvalue weighted by atomic mass is 16.3. The van der Waals surface area contributed by atoms with E-state index in [1.54, 1.807) is 18.2 Å². The standard InChI is InChI=1S/C40H24O/c1-2-10-25(11-3-1)30-17-8-14-27-21-23-34-39-33(18-9-19-36(39)41-40(34)37(27)30)38-31-16-7-5-13-28(31)24-35-29-15-6-4-12-26(29)20-22-32(35)38/h1-24H/i4D,5D,6D,7D,12D,13D,15D,16D,20D,22D,24D. The lowest BCUT2D eigenvalue weighted by Gasteiger charge is -2.15. The fourth-order valence-electron chi connectivity index (χ4n) is 6.05. The van der Waals surface area contributed by atoms with Gasteiger partial charge in [-0.3, -0.25) is 0 Å². The summed E-state index contributed by atoms with van der Waals surface area (Å²) >= 11 is 0. The van der Waals surface area contributed by atoms with Crippen LogP contribution in [0.1, 0.15) is 15.1 Å². The van der Waals surface area contributed by atoms with Gasteiger partial charge in [-0.15, -0.1) is 0 Å². The Hall–Kier alpha value is -5.40. The second-order valence-electron chi connectivity index (χ2n) is 9.99. The first-order valence-electron chi connectivity index (χ1n) is 18.7. The molecular formula is C40H24O. The zero-order valence-corrected chi connectivity index (χ0v) is 21.4. The van der Waals surface area contributed by atoms with Crippen LogP contribution in [0.2, 0.25) is 0 Å². The molecule has 0 atom stereocenters. The number of hydrogen-bond donors (Lipinski definition) is 0. The molecule has 8 aromatic carbocycles. The van der Waals surface area contributed by atoms with Crippen LogP contribution in [0.25, 0.3) is 87.3 Å². The van der Waals surface area contributed by atoms with Crippen LogP contribution in [0.4, 0.5) is 0 Å². The molecule has 0 aliphatic heterocycles. The average molecular weight is 532 g/mol. The molecule has 1 nitrogen and oxygen atoms in total. The highest BCUT2D eigenvalue weighted by Gasteiger charge is 2.20. The Bertz CT molecular complexity index is 3080. The zero-order valence-electron chi connectivity index (χ0n) is 32.4. The number of hydrogen-bond acceptors (Lipinski definition) is 1. The smallest absolute Gasteiger partial charge is 0.143 e. The number of benzene rings is 8. The van der Waals surface area contributed by atoms with Gasteiger partial charge in [0.1, 0.15) is 11.2 Å². The Morgan fingerprint density at radius 3 is 2.15 bits per heavy atom. The van der Waals surface area contributed by atoms with Crippen LogP contribution < -0.4 is 0 Å². The molecule has 0 fully saturated rings. The maximum atomic E-state index is 9.43. The first-order valence-corrected chi connectivity index (χ1v) is 13.2. The molecule has 0 spiro atoms. The van der Waals surface area contributed by atoms with Crippen molar-refractivity contribution in [3.05, 3.63) is 145 Å². The lowest BCUT2D eigenvalue weighted by atomic mass is 9.88. The van der Waals surface area contributed by atoms with Crippen LogP contribution in [0, 0.1) is 0 Å². The molecule has 0 unspecified atom stereocenters. The number of rotatable bonds is 2. The van der Waals surface area contributed by atoms with Crippen molar-refractivity contribution < 1.29 is 19.5 Å². The highest BCUT2D eigenvalue weighted by molar-refractivity contribution is 6.27. The Morgan fingerprint density at radius 2 is 1.24 bits per heavy atom. The van der Waals surface area contributed by atoms with Gasteiger partial charge in [-0.1, -0.05) is 127 Å². The summed E-state index contributed by atoms with van der Waals surface area (Å²) in [4.78, 5) is 0. The molecule has 1 heterocycles.